The van der Waals surface area contributed by atoms with Crippen LogP contribution in [0.2, 0.25) is 0 Å². The van der Waals surface area contributed by atoms with E-state index in [2.05, 4.69) is 10.2 Å². The van der Waals surface area contributed by atoms with Crippen LogP contribution in [0.5, 0.6) is 5.75 Å². The number of nitrogens with one attached hydrogen (secondary N) is 2. The summed E-state index contributed by atoms with van der Waals surface area (Å²) in [6.07, 6.45) is 0. The van der Waals surface area contributed by atoms with E-state index in [0.29, 0.717) is 16.8 Å². The van der Waals surface area contributed by atoms with Crippen molar-refractivity contribution in [1.29, 1.82) is 0 Å². The highest BCUT2D eigenvalue weighted by Gasteiger charge is 2.10. The van der Waals surface area contributed by atoms with Crippen molar-refractivity contribution in [2.24, 2.45) is 0 Å². The predicted octanol–water partition coefficient (Wildman–Crippen LogP) is 0.176. The molecule has 2 aromatic rings. The number of hydrogen-bond donors (Lipinski definition) is 3. The summed E-state index contributed by atoms with van der Waals surface area (Å²) in [5, 5.41) is 13.9. The highest BCUT2D eigenvalue weighted by Crippen LogP contribution is 2.22. The first-order chi connectivity index (χ1) is 7.50. The van der Waals surface area contributed by atoms with Gasteiger partial charge in [0.05, 0.1) is 5.69 Å². The third kappa shape index (κ3) is 1.44. The van der Waals surface area contributed by atoms with Crippen molar-refractivity contribution >= 4 is 0 Å². The standard InChI is InChI=1S/C10H11N3O3/c1-5-4-8(14)6(2)3-7(5)13-9(15)11-12-10(13)16/h3-4,14H,1-2H3,(H,11,15)(H,12,16). The predicted molar refractivity (Wildman–Crippen MR) is 58.1 cm³/mol. The molecule has 1 aromatic carbocycles. The molecule has 1 heterocycles. The Morgan fingerprint density at radius 2 is 1.62 bits per heavy atom. The van der Waals surface area contributed by atoms with Gasteiger partial charge >= 0.3 is 11.4 Å². The molecule has 2 rings (SSSR count). The lowest BCUT2D eigenvalue weighted by molar-refractivity contribution is 0.470. The number of aromatic nitrogens is 3. The molecule has 0 saturated carbocycles. The van der Waals surface area contributed by atoms with Crippen molar-refractivity contribution in [3.63, 3.8) is 0 Å². The Morgan fingerprint density at radius 1 is 1.06 bits per heavy atom. The molecule has 0 bridgehead atoms. The maximum Gasteiger partial charge on any atom is 0.348 e. The minimum atomic E-state index is -0.529. The Bertz CT molecular complexity index is 621. The molecule has 0 aliphatic carbocycles. The van der Waals surface area contributed by atoms with Gasteiger partial charge in [0.15, 0.2) is 0 Å². The van der Waals surface area contributed by atoms with Gasteiger partial charge in [-0.25, -0.2) is 24.4 Å². The molecule has 1 aromatic heterocycles. The number of aromatic amines is 2. The van der Waals surface area contributed by atoms with Gasteiger partial charge in [-0.1, -0.05) is 0 Å². The summed E-state index contributed by atoms with van der Waals surface area (Å²) < 4.78 is 0.988. The van der Waals surface area contributed by atoms with E-state index < -0.39 is 11.4 Å². The van der Waals surface area contributed by atoms with E-state index in [9.17, 15) is 14.7 Å². The van der Waals surface area contributed by atoms with E-state index in [4.69, 9.17) is 0 Å². The van der Waals surface area contributed by atoms with Gasteiger partial charge in [0, 0.05) is 0 Å². The summed E-state index contributed by atoms with van der Waals surface area (Å²) in [6, 6.07) is 3.11. The maximum atomic E-state index is 11.4. The van der Waals surface area contributed by atoms with Crippen LogP contribution in [0.25, 0.3) is 5.69 Å². The lowest BCUT2D eigenvalue weighted by atomic mass is 10.1. The summed E-state index contributed by atoms with van der Waals surface area (Å²) in [4.78, 5) is 22.8. The van der Waals surface area contributed by atoms with Crippen LogP contribution in [0, 0.1) is 13.8 Å². The minimum absolute atomic E-state index is 0.140. The molecular formula is C10H11N3O3. The quantitative estimate of drug-likeness (QED) is 0.641. The first-order valence-electron chi connectivity index (χ1n) is 4.71. The van der Waals surface area contributed by atoms with Gasteiger partial charge in [-0.15, -0.1) is 0 Å². The average Bonchev–Trinajstić information content (AvgIpc) is 2.53. The molecule has 0 spiro atoms. The van der Waals surface area contributed by atoms with Crippen molar-refractivity contribution < 1.29 is 5.11 Å². The number of phenols is 1. The largest absolute Gasteiger partial charge is 0.508 e. The molecule has 6 heteroatoms. The second-order valence-electron chi connectivity index (χ2n) is 3.62. The van der Waals surface area contributed by atoms with Crippen molar-refractivity contribution in [2.45, 2.75) is 13.8 Å². The number of hydrogen-bond acceptors (Lipinski definition) is 3. The average molecular weight is 221 g/mol. The fraction of sp³-hybridized carbons (Fsp3) is 0.200. The summed E-state index contributed by atoms with van der Waals surface area (Å²) in [7, 11) is 0. The normalized spacial score (nSPS) is 10.6. The molecule has 0 saturated heterocycles. The van der Waals surface area contributed by atoms with Crippen LogP contribution < -0.4 is 11.4 Å². The number of phenolic OH excluding ortho intramolecular Hbond substituents is 1. The third-order valence-electron chi connectivity index (χ3n) is 2.44. The van der Waals surface area contributed by atoms with E-state index in [1.54, 1.807) is 19.9 Å². The van der Waals surface area contributed by atoms with Crippen molar-refractivity contribution in [1.82, 2.24) is 14.8 Å². The summed E-state index contributed by atoms with van der Waals surface area (Å²) in [5.74, 6) is 0.140. The van der Waals surface area contributed by atoms with Gasteiger partial charge in [-0.3, -0.25) is 0 Å². The van der Waals surface area contributed by atoms with Gasteiger partial charge in [0.25, 0.3) is 0 Å². The molecule has 3 N–H and O–H groups in total. The fourth-order valence-corrected chi connectivity index (χ4v) is 1.56. The van der Waals surface area contributed by atoms with E-state index in [0.717, 1.165) is 4.57 Å². The Labute approximate surface area is 90.2 Å². The Balaban J connectivity index is 2.80. The fourth-order valence-electron chi connectivity index (χ4n) is 1.56. The zero-order chi connectivity index (χ0) is 11.9. The maximum absolute atomic E-state index is 11.4. The second-order valence-corrected chi connectivity index (χ2v) is 3.62. The topological polar surface area (TPSA) is 90.9 Å². The molecule has 0 radical (unpaired) electrons. The van der Waals surface area contributed by atoms with Gasteiger partial charge in [0.2, 0.25) is 0 Å². The molecule has 0 atom stereocenters. The molecule has 0 fully saturated rings. The smallest absolute Gasteiger partial charge is 0.348 e. The first-order valence-corrected chi connectivity index (χ1v) is 4.71. The second kappa shape index (κ2) is 3.41. The van der Waals surface area contributed by atoms with E-state index in [1.165, 1.54) is 6.07 Å². The summed E-state index contributed by atoms with van der Waals surface area (Å²) >= 11 is 0. The summed E-state index contributed by atoms with van der Waals surface area (Å²) in [6.45, 7) is 3.41. The van der Waals surface area contributed by atoms with Gasteiger partial charge in [-0.05, 0) is 37.1 Å². The number of benzene rings is 1. The van der Waals surface area contributed by atoms with Crippen LogP contribution in [0.1, 0.15) is 11.1 Å². The van der Waals surface area contributed by atoms with Crippen LogP contribution in [0.4, 0.5) is 0 Å². The van der Waals surface area contributed by atoms with Crippen molar-refractivity contribution in [3.8, 4) is 11.4 Å². The number of aryl methyl sites for hydroxylation is 2. The summed E-state index contributed by atoms with van der Waals surface area (Å²) in [5.41, 5.74) is 0.655. The lowest BCUT2D eigenvalue weighted by Gasteiger charge is -2.07. The molecule has 16 heavy (non-hydrogen) atoms. The number of rotatable bonds is 1. The SMILES string of the molecule is Cc1cc(-n2c(=O)[nH][nH]c2=O)c(C)cc1O. The molecule has 84 valence electrons. The minimum Gasteiger partial charge on any atom is -0.508 e. The lowest BCUT2D eigenvalue weighted by Crippen LogP contribution is -2.25. The van der Waals surface area contributed by atoms with Gasteiger partial charge in [-0.2, -0.15) is 0 Å². The monoisotopic (exact) mass is 221 g/mol. The number of aromatic hydroxyl groups is 1. The highest BCUT2D eigenvalue weighted by molar-refractivity contribution is 5.48. The van der Waals surface area contributed by atoms with Crippen molar-refractivity contribution in [2.75, 3.05) is 0 Å². The molecule has 0 amide bonds. The highest BCUT2D eigenvalue weighted by atomic mass is 16.3. The molecule has 0 aliphatic rings. The molecule has 0 aliphatic heterocycles. The van der Waals surface area contributed by atoms with Crippen LogP contribution in [-0.2, 0) is 0 Å². The Kier molecular flexibility index (Phi) is 2.19. The van der Waals surface area contributed by atoms with Crippen LogP contribution in [0.3, 0.4) is 0 Å². The Morgan fingerprint density at radius 3 is 2.19 bits per heavy atom. The van der Waals surface area contributed by atoms with E-state index in [-0.39, 0.29) is 5.75 Å². The first kappa shape index (κ1) is 10.3. The third-order valence-corrected chi connectivity index (χ3v) is 2.44. The van der Waals surface area contributed by atoms with Crippen LogP contribution in [0.15, 0.2) is 21.7 Å². The van der Waals surface area contributed by atoms with Crippen LogP contribution in [-0.4, -0.2) is 19.9 Å². The van der Waals surface area contributed by atoms with Gasteiger partial charge < -0.3 is 5.11 Å². The Hall–Kier alpha value is -2.24. The van der Waals surface area contributed by atoms with E-state index in [1.807, 2.05) is 0 Å². The molecule has 0 unspecified atom stereocenters. The number of nitrogens with zero attached hydrogens (tertiary/aromatic N) is 1. The number of H-pyrrole nitrogens is 2. The molecular weight excluding hydrogens is 210 g/mol. The van der Waals surface area contributed by atoms with E-state index >= 15 is 0 Å². The van der Waals surface area contributed by atoms with Crippen LogP contribution >= 0.6 is 0 Å². The zero-order valence-electron chi connectivity index (χ0n) is 8.87. The zero-order valence-corrected chi connectivity index (χ0v) is 8.87. The molecule has 6 nitrogen and oxygen atoms in total. The van der Waals surface area contributed by atoms with Gasteiger partial charge in [0.1, 0.15) is 5.75 Å². The van der Waals surface area contributed by atoms with Crippen molar-refractivity contribution in [3.05, 3.63) is 44.2 Å².